The molecule has 1 aromatic carbocycles. The number of hydrogen-bond acceptors (Lipinski definition) is 9. The van der Waals surface area contributed by atoms with Gasteiger partial charge in [-0.15, -0.1) is 0 Å². The highest BCUT2D eigenvalue weighted by molar-refractivity contribution is 5.93. The van der Waals surface area contributed by atoms with Crippen molar-refractivity contribution >= 4 is 29.8 Å². The third kappa shape index (κ3) is 13.0. The first-order valence-electron chi connectivity index (χ1n) is 12.4. The van der Waals surface area contributed by atoms with Gasteiger partial charge in [0.15, 0.2) is 5.92 Å². The molecular formula is C25H37N3O11. The Morgan fingerprint density at radius 3 is 1.72 bits per heavy atom. The monoisotopic (exact) mass is 555 g/mol. The lowest BCUT2D eigenvalue weighted by Crippen LogP contribution is -2.52. The fraction of sp³-hybridized carbons (Fsp3) is 0.560. The lowest BCUT2D eigenvalue weighted by atomic mass is 10.0. The topological polar surface area (TPSA) is 205 Å². The summed E-state index contributed by atoms with van der Waals surface area (Å²) in [4.78, 5) is 62.0. The van der Waals surface area contributed by atoms with Crippen molar-refractivity contribution in [3.8, 4) is 5.75 Å². The molecule has 14 heteroatoms. The van der Waals surface area contributed by atoms with Gasteiger partial charge in [-0.1, -0.05) is 19.1 Å². The van der Waals surface area contributed by atoms with Gasteiger partial charge in [0, 0.05) is 32.2 Å². The maximum Gasteiger partial charge on any atom is 0.319 e. The molecule has 0 heterocycles. The number of carbonyl (C=O) groups is 5. The van der Waals surface area contributed by atoms with Crippen LogP contribution in [0.25, 0.3) is 0 Å². The Bertz CT molecular complexity index is 957. The first-order chi connectivity index (χ1) is 18.4. The van der Waals surface area contributed by atoms with Gasteiger partial charge in [0.1, 0.15) is 5.75 Å². The van der Waals surface area contributed by atoms with E-state index in [-0.39, 0.29) is 32.6 Å². The molecule has 0 spiro atoms. The van der Waals surface area contributed by atoms with Crippen molar-refractivity contribution in [1.82, 2.24) is 14.7 Å². The maximum absolute atomic E-state index is 11.7. The summed E-state index contributed by atoms with van der Waals surface area (Å²) in [6.45, 7) is 2.68. The lowest BCUT2D eigenvalue weighted by Gasteiger charge is -2.36. The van der Waals surface area contributed by atoms with Gasteiger partial charge < -0.3 is 30.3 Å². The molecule has 0 bridgehead atoms. The third-order valence-electron chi connectivity index (χ3n) is 5.94. The quantitative estimate of drug-likeness (QED) is 0.126. The zero-order chi connectivity index (χ0) is 29.5. The summed E-state index contributed by atoms with van der Waals surface area (Å²) in [5.74, 6) is -8.11. The van der Waals surface area contributed by atoms with Gasteiger partial charge in [-0.2, -0.15) is 0 Å². The van der Waals surface area contributed by atoms with Crippen molar-refractivity contribution in [1.29, 1.82) is 0 Å². The molecule has 0 amide bonds. The molecule has 0 fully saturated rings. The minimum atomic E-state index is -1.91. The van der Waals surface area contributed by atoms with E-state index in [0.717, 1.165) is 0 Å². The number of carboxylic acids is 5. The van der Waals surface area contributed by atoms with Crippen LogP contribution in [0.1, 0.15) is 19.4 Å². The van der Waals surface area contributed by atoms with Crippen LogP contribution in [0.5, 0.6) is 5.75 Å². The zero-order valence-electron chi connectivity index (χ0n) is 22.1. The third-order valence-corrected chi connectivity index (χ3v) is 5.94. The second kappa shape index (κ2) is 17.0. The molecule has 5 N–H and O–H groups in total. The SMILES string of the molecule is CCOc1ccc(CC(CN(CCN(CC)CC(=O)O)CC(=O)O)N(CC(=O)O)CC(C(=O)O)C(=O)O)cc1. The minimum absolute atomic E-state index is 0.0522. The molecule has 0 aliphatic heterocycles. The van der Waals surface area contributed by atoms with E-state index in [1.165, 1.54) is 9.80 Å². The van der Waals surface area contributed by atoms with Crippen molar-refractivity contribution in [3.63, 3.8) is 0 Å². The highest BCUT2D eigenvalue weighted by Gasteiger charge is 2.33. The normalized spacial score (nSPS) is 12.2. The Morgan fingerprint density at radius 2 is 1.26 bits per heavy atom. The summed E-state index contributed by atoms with van der Waals surface area (Å²) in [5, 5.41) is 46.9. The smallest absolute Gasteiger partial charge is 0.319 e. The fourth-order valence-corrected chi connectivity index (χ4v) is 4.03. The molecule has 0 aromatic heterocycles. The van der Waals surface area contributed by atoms with Crippen LogP contribution in [-0.4, -0.2) is 135 Å². The van der Waals surface area contributed by atoms with E-state index in [9.17, 15) is 44.4 Å². The number of ether oxygens (including phenoxy) is 1. The largest absolute Gasteiger partial charge is 0.494 e. The molecular weight excluding hydrogens is 518 g/mol. The van der Waals surface area contributed by atoms with Crippen molar-refractivity contribution in [3.05, 3.63) is 29.8 Å². The summed E-state index contributed by atoms with van der Waals surface area (Å²) in [6, 6.07) is 6.07. The molecule has 0 aliphatic carbocycles. The number of nitrogens with zero attached hydrogens (tertiary/aromatic N) is 3. The van der Waals surface area contributed by atoms with E-state index >= 15 is 0 Å². The van der Waals surface area contributed by atoms with Crippen molar-refractivity contribution in [2.45, 2.75) is 26.3 Å². The van der Waals surface area contributed by atoms with Crippen LogP contribution in [0.4, 0.5) is 0 Å². The van der Waals surface area contributed by atoms with Crippen LogP contribution in [0, 0.1) is 5.92 Å². The van der Waals surface area contributed by atoms with Gasteiger partial charge >= 0.3 is 29.8 Å². The lowest BCUT2D eigenvalue weighted by molar-refractivity contribution is -0.157. The highest BCUT2D eigenvalue weighted by atomic mass is 16.5. The standard InChI is InChI=1S/C25H37N3O11/c1-3-26(14-21(29)30)9-10-27(15-22(31)32)12-18(11-17-5-7-19(8-6-17)39-4-2)28(16-23(33)34)13-20(24(35)36)25(37)38/h5-8,18,20H,3-4,9-16H2,1-2H3,(H,29,30)(H,31,32)(H,33,34)(H,35,36)(H,37,38). The van der Waals surface area contributed by atoms with Crippen LogP contribution < -0.4 is 4.74 Å². The van der Waals surface area contributed by atoms with Crippen LogP contribution in [-0.2, 0) is 30.4 Å². The Morgan fingerprint density at radius 1 is 0.744 bits per heavy atom. The van der Waals surface area contributed by atoms with E-state index in [1.54, 1.807) is 36.1 Å². The molecule has 1 aromatic rings. The maximum atomic E-state index is 11.7. The van der Waals surface area contributed by atoms with Gasteiger partial charge in [-0.05, 0) is 37.6 Å². The Kier molecular flexibility index (Phi) is 14.5. The van der Waals surface area contributed by atoms with Gasteiger partial charge in [0.25, 0.3) is 0 Å². The van der Waals surface area contributed by atoms with Gasteiger partial charge in [-0.3, -0.25) is 38.7 Å². The van der Waals surface area contributed by atoms with Gasteiger partial charge in [0.2, 0.25) is 0 Å². The van der Waals surface area contributed by atoms with Crippen LogP contribution in [0.15, 0.2) is 24.3 Å². The number of likely N-dealkylation sites (N-methyl/N-ethyl adjacent to an activating group) is 1. The average molecular weight is 556 g/mol. The molecule has 218 valence electrons. The summed E-state index contributed by atoms with van der Waals surface area (Å²) in [7, 11) is 0. The highest BCUT2D eigenvalue weighted by Crippen LogP contribution is 2.18. The average Bonchev–Trinajstić information content (AvgIpc) is 2.83. The second-order valence-electron chi connectivity index (χ2n) is 8.88. The molecule has 0 saturated carbocycles. The molecule has 1 atom stereocenters. The summed E-state index contributed by atoms with van der Waals surface area (Å²) in [5.41, 5.74) is 0.706. The number of benzene rings is 1. The molecule has 1 rings (SSSR count). The predicted molar refractivity (Wildman–Crippen MR) is 137 cm³/mol. The Labute approximate surface area is 226 Å². The second-order valence-corrected chi connectivity index (χ2v) is 8.88. The molecule has 14 nitrogen and oxygen atoms in total. The van der Waals surface area contributed by atoms with Crippen molar-refractivity contribution in [2.75, 3.05) is 59.0 Å². The van der Waals surface area contributed by atoms with Crippen LogP contribution in [0.3, 0.4) is 0 Å². The number of rotatable bonds is 21. The fourth-order valence-electron chi connectivity index (χ4n) is 4.03. The Balaban J connectivity index is 3.36. The van der Waals surface area contributed by atoms with Crippen LogP contribution in [0.2, 0.25) is 0 Å². The first kappa shape index (κ1) is 33.3. The minimum Gasteiger partial charge on any atom is -0.494 e. The van der Waals surface area contributed by atoms with Crippen LogP contribution >= 0.6 is 0 Å². The van der Waals surface area contributed by atoms with Gasteiger partial charge in [0.05, 0.1) is 26.2 Å². The van der Waals surface area contributed by atoms with E-state index in [0.29, 0.717) is 24.5 Å². The zero-order valence-corrected chi connectivity index (χ0v) is 22.1. The predicted octanol–water partition coefficient (Wildman–Crippen LogP) is -0.0385. The van der Waals surface area contributed by atoms with E-state index in [4.69, 9.17) is 9.84 Å². The summed E-state index contributed by atoms with van der Waals surface area (Å²) < 4.78 is 5.43. The first-order valence-corrected chi connectivity index (χ1v) is 12.4. The molecule has 1 unspecified atom stereocenters. The Hall–Kier alpha value is -3.75. The van der Waals surface area contributed by atoms with Crippen molar-refractivity contribution in [2.24, 2.45) is 5.92 Å². The van der Waals surface area contributed by atoms with E-state index in [2.05, 4.69) is 0 Å². The van der Waals surface area contributed by atoms with E-state index < -0.39 is 61.4 Å². The molecule has 39 heavy (non-hydrogen) atoms. The van der Waals surface area contributed by atoms with E-state index in [1.807, 2.05) is 6.92 Å². The molecule has 0 aliphatic rings. The molecule has 0 saturated heterocycles. The van der Waals surface area contributed by atoms with Gasteiger partial charge in [-0.25, -0.2) is 0 Å². The number of hydrogen-bond donors (Lipinski definition) is 5. The van der Waals surface area contributed by atoms with Crippen molar-refractivity contribution < 1.29 is 54.2 Å². The summed E-state index contributed by atoms with van der Waals surface area (Å²) in [6.07, 6.45) is 0.147. The number of aliphatic carboxylic acids is 5. The number of carboxylic acid groups (broad SMARTS) is 5. The molecule has 0 radical (unpaired) electrons. The summed E-state index contributed by atoms with van der Waals surface area (Å²) >= 11 is 0.